The van der Waals surface area contributed by atoms with Crippen LogP contribution >= 0.6 is 0 Å². The van der Waals surface area contributed by atoms with Gasteiger partial charge in [0.2, 0.25) is 0 Å². The molecule has 1 atom stereocenters. The van der Waals surface area contributed by atoms with Crippen LogP contribution < -0.4 is 10.5 Å². The van der Waals surface area contributed by atoms with Gasteiger partial charge in [0.15, 0.2) is 0 Å². The van der Waals surface area contributed by atoms with Crippen molar-refractivity contribution >= 4 is 0 Å². The Hall–Kier alpha value is -1.02. The number of ether oxygens (including phenoxy) is 1. The Morgan fingerprint density at radius 3 is 2.57 bits per heavy atom. The minimum Gasteiger partial charge on any atom is -0.494 e. The van der Waals surface area contributed by atoms with E-state index in [1.54, 1.807) is 0 Å². The summed E-state index contributed by atoms with van der Waals surface area (Å²) >= 11 is 0. The fraction of sp³-hybridized carbons (Fsp3) is 0.500. The highest BCUT2D eigenvalue weighted by molar-refractivity contribution is 5.39. The lowest BCUT2D eigenvalue weighted by Gasteiger charge is -2.14. The Bertz CT molecular complexity index is 294. The van der Waals surface area contributed by atoms with E-state index in [1.165, 1.54) is 5.56 Å². The van der Waals surface area contributed by atoms with Crippen LogP contribution in [-0.4, -0.2) is 6.61 Å². The van der Waals surface area contributed by atoms with Crippen molar-refractivity contribution in [2.45, 2.75) is 33.2 Å². The minimum atomic E-state index is 0.0306. The lowest BCUT2D eigenvalue weighted by Crippen LogP contribution is -2.08. The molecule has 0 aliphatic rings. The van der Waals surface area contributed by atoms with Gasteiger partial charge in [-0.15, -0.1) is 0 Å². The molecule has 0 saturated heterocycles. The van der Waals surface area contributed by atoms with Gasteiger partial charge >= 0.3 is 0 Å². The predicted octanol–water partition coefficient (Wildman–Crippen LogP) is 2.67. The normalized spacial score (nSPS) is 12.6. The Balaban J connectivity index is 3.03. The fourth-order valence-corrected chi connectivity index (χ4v) is 1.46. The first-order chi connectivity index (χ1) is 6.69. The maximum atomic E-state index is 5.89. The molecule has 14 heavy (non-hydrogen) atoms. The molecule has 0 heterocycles. The van der Waals surface area contributed by atoms with Gasteiger partial charge in [-0.25, -0.2) is 0 Å². The third-order valence-electron chi connectivity index (χ3n) is 2.27. The number of hydrogen-bond donors (Lipinski definition) is 1. The van der Waals surface area contributed by atoms with Gasteiger partial charge in [-0.3, -0.25) is 0 Å². The minimum absolute atomic E-state index is 0.0306. The molecule has 1 unspecified atom stereocenters. The third kappa shape index (κ3) is 2.48. The van der Waals surface area contributed by atoms with Crippen LogP contribution in [-0.2, 0) is 6.42 Å². The van der Waals surface area contributed by atoms with Crippen LogP contribution in [0.15, 0.2) is 18.2 Å². The highest BCUT2D eigenvalue weighted by Gasteiger charge is 2.08. The molecule has 0 amide bonds. The van der Waals surface area contributed by atoms with E-state index in [2.05, 4.69) is 19.1 Å². The molecule has 0 bridgehead atoms. The van der Waals surface area contributed by atoms with Gasteiger partial charge in [0, 0.05) is 11.6 Å². The molecule has 0 aliphatic carbocycles. The second-order valence-electron chi connectivity index (χ2n) is 3.45. The molecule has 0 aromatic heterocycles. The molecule has 1 rings (SSSR count). The molecule has 0 radical (unpaired) electrons. The zero-order valence-corrected chi connectivity index (χ0v) is 9.21. The summed E-state index contributed by atoms with van der Waals surface area (Å²) in [5.74, 6) is 0.916. The Kier molecular flexibility index (Phi) is 3.96. The van der Waals surface area contributed by atoms with Crippen LogP contribution in [0.25, 0.3) is 0 Å². The van der Waals surface area contributed by atoms with Crippen LogP contribution in [0.3, 0.4) is 0 Å². The standard InChI is InChI=1S/C12H19NO/c1-4-10-6-7-12(14-5-2)11(8-10)9(3)13/h6-9H,4-5,13H2,1-3H3. The van der Waals surface area contributed by atoms with Crippen LogP contribution in [0, 0.1) is 0 Å². The average molecular weight is 193 g/mol. The van der Waals surface area contributed by atoms with Crippen molar-refractivity contribution in [3.63, 3.8) is 0 Å². The molecular formula is C12H19NO. The monoisotopic (exact) mass is 193 g/mol. The van der Waals surface area contributed by atoms with Crippen molar-refractivity contribution < 1.29 is 4.74 Å². The zero-order valence-electron chi connectivity index (χ0n) is 9.21. The van der Waals surface area contributed by atoms with E-state index < -0.39 is 0 Å². The van der Waals surface area contributed by atoms with Crippen molar-refractivity contribution in [1.29, 1.82) is 0 Å². The zero-order chi connectivity index (χ0) is 10.6. The third-order valence-corrected chi connectivity index (χ3v) is 2.27. The molecule has 2 nitrogen and oxygen atoms in total. The fourth-order valence-electron chi connectivity index (χ4n) is 1.46. The van der Waals surface area contributed by atoms with E-state index in [-0.39, 0.29) is 6.04 Å². The molecule has 2 heteroatoms. The molecule has 0 saturated carbocycles. The number of rotatable bonds is 4. The SMILES string of the molecule is CCOc1ccc(CC)cc1C(C)N. The average Bonchev–Trinajstić information content (AvgIpc) is 2.18. The topological polar surface area (TPSA) is 35.2 Å². The summed E-state index contributed by atoms with van der Waals surface area (Å²) in [5.41, 5.74) is 8.30. The molecule has 78 valence electrons. The summed E-state index contributed by atoms with van der Waals surface area (Å²) in [6.07, 6.45) is 1.03. The van der Waals surface area contributed by atoms with Crippen molar-refractivity contribution in [1.82, 2.24) is 0 Å². The van der Waals surface area contributed by atoms with Gasteiger partial charge in [0.1, 0.15) is 5.75 Å². The highest BCUT2D eigenvalue weighted by Crippen LogP contribution is 2.25. The van der Waals surface area contributed by atoms with Gasteiger partial charge in [-0.05, 0) is 31.9 Å². The number of nitrogens with two attached hydrogens (primary N) is 1. The predicted molar refractivity (Wildman–Crippen MR) is 59.6 cm³/mol. The summed E-state index contributed by atoms with van der Waals surface area (Å²) in [6.45, 7) is 6.79. The van der Waals surface area contributed by atoms with E-state index in [1.807, 2.05) is 19.9 Å². The Morgan fingerprint density at radius 2 is 2.07 bits per heavy atom. The number of benzene rings is 1. The molecule has 2 N–H and O–H groups in total. The summed E-state index contributed by atoms with van der Waals surface area (Å²) in [7, 11) is 0. The van der Waals surface area contributed by atoms with Gasteiger partial charge in [-0.2, -0.15) is 0 Å². The van der Waals surface area contributed by atoms with Crippen LogP contribution in [0.5, 0.6) is 5.75 Å². The maximum absolute atomic E-state index is 5.89. The molecule has 0 fully saturated rings. The van der Waals surface area contributed by atoms with Gasteiger partial charge in [0.25, 0.3) is 0 Å². The van der Waals surface area contributed by atoms with Crippen LogP contribution in [0.2, 0.25) is 0 Å². The summed E-state index contributed by atoms with van der Waals surface area (Å²) in [4.78, 5) is 0. The molecule has 1 aromatic rings. The summed E-state index contributed by atoms with van der Waals surface area (Å²) in [5, 5.41) is 0. The molecule has 0 aliphatic heterocycles. The van der Waals surface area contributed by atoms with Gasteiger partial charge in [0.05, 0.1) is 6.61 Å². The quantitative estimate of drug-likeness (QED) is 0.798. The highest BCUT2D eigenvalue weighted by atomic mass is 16.5. The lowest BCUT2D eigenvalue weighted by molar-refractivity contribution is 0.334. The number of hydrogen-bond acceptors (Lipinski definition) is 2. The van der Waals surface area contributed by atoms with Crippen LogP contribution in [0.4, 0.5) is 0 Å². The molecule has 1 aromatic carbocycles. The Labute approximate surface area is 86.1 Å². The van der Waals surface area contributed by atoms with Crippen LogP contribution in [0.1, 0.15) is 37.9 Å². The van der Waals surface area contributed by atoms with E-state index in [0.29, 0.717) is 6.61 Å². The van der Waals surface area contributed by atoms with E-state index >= 15 is 0 Å². The largest absolute Gasteiger partial charge is 0.494 e. The van der Waals surface area contributed by atoms with Crippen molar-refractivity contribution in [3.05, 3.63) is 29.3 Å². The second-order valence-corrected chi connectivity index (χ2v) is 3.45. The molecular weight excluding hydrogens is 174 g/mol. The first kappa shape index (κ1) is 11.1. The molecule has 0 spiro atoms. The Morgan fingerprint density at radius 1 is 1.36 bits per heavy atom. The maximum Gasteiger partial charge on any atom is 0.124 e. The number of aryl methyl sites for hydroxylation is 1. The van der Waals surface area contributed by atoms with E-state index in [0.717, 1.165) is 17.7 Å². The van der Waals surface area contributed by atoms with E-state index in [9.17, 15) is 0 Å². The van der Waals surface area contributed by atoms with Crippen molar-refractivity contribution in [3.8, 4) is 5.75 Å². The first-order valence-corrected chi connectivity index (χ1v) is 5.20. The summed E-state index contributed by atoms with van der Waals surface area (Å²) < 4.78 is 5.52. The lowest BCUT2D eigenvalue weighted by atomic mass is 10.0. The van der Waals surface area contributed by atoms with Crippen molar-refractivity contribution in [2.75, 3.05) is 6.61 Å². The van der Waals surface area contributed by atoms with E-state index in [4.69, 9.17) is 10.5 Å². The van der Waals surface area contributed by atoms with Gasteiger partial charge in [-0.1, -0.05) is 19.1 Å². The second kappa shape index (κ2) is 5.01. The van der Waals surface area contributed by atoms with Crippen molar-refractivity contribution in [2.24, 2.45) is 5.73 Å². The summed E-state index contributed by atoms with van der Waals surface area (Å²) in [6, 6.07) is 6.27. The first-order valence-electron chi connectivity index (χ1n) is 5.20. The van der Waals surface area contributed by atoms with Gasteiger partial charge < -0.3 is 10.5 Å². The smallest absolute Gasteiger partial charge is 0.124 e.